The first kappa shape index (κ1) is 10.6. The van der Waals surface area contributed by atoms with Crippen LogP contribution in [0.1, 0.15) is 16.1 Å². The molecule has 2 N–H and O–H groups in total. The molecule has 0 aromatic carbocycles. The van der Waals surface area contributed by atoms with Crippen LogP contribution in [-0.4, -0.2) is 15.3 Å². The molecule has 0 fully saturated rings. The van der Waals surface area contributed by atoms with E-state index >= 15 is 0 Å². The lowest BCUT2D eigenvalue weighted by Gasteiger charge is -2.06. The number of hydrogen-bond acceptors (Lipinski definition) is 3. The molecule has 0 saturated carbocycles. The van der Waals surface area contributed by atoms with Gasteiger partial charge in [0.1, 0.15) is 16.4 Å². The molecule has 0 atom stereocenters. The molecule has 0 saturated heterocycles. The van der Waals surface area contributed by atoms with Crippen molar-refractivity contribution in [3.8, 4) is 0 Å². The lowest BCUT2D eigenvalue weighted by atomic mass is 10.3. The van der Waals surface area contributed by atoms with Crippen molar-refractivity contribution in [3.05, 3.63) is 45.0 Å². The van der Waals surface area contributed by atoms with Gasteiger partial charge < -0.3 is 5.73 Å². The highest BCUT2D eigenvalue weighted by atomic mass is 35.5. The number of rotatable bonds is 1. The molecule has 0 unspecified atom stereocenters. The molecule has 2 heterocycles. The molecule has 2 aromatic heterocycles. The second-order valence-electron chi connectivity index (χ2n) is 3.31. The van der Waals surface area contributed by atoms with Gasteiger partial charge in [-0.05, 0) is 19.1 Å². The van der Waals surface area contributed by atoms with Crippen molar-refractivity contribution < 1.29 is 4.79 Å². The summed E-state index contributed by atoms with van der Waals surface area (Å²) >= 11 is 5.73. The van der Waals surface area contributed by atoms with Gasteiger partial charge in [0.05, 0.1) is 0 Å². The molecule has 2 rings (SSSR count). The van der Waals surface area contributed by atoms with Gasteiger partial charge >= 0.3 is 0 Å². The van der Waals surface area contributed by atoms with E-state index in [0.29, 0.717) is 11.3 Å². The van der Waals surface area contributed by atoms with Gasteiger partial charge in [0.2, 0.25) is 0 Å². The number of carbonyl (C=O) groups excluding carboxylic acids is 1. The van der Waals surface area contributed by atoms with Crippen LogP contribution in [0.5, 0.6) is 0 Å². The smallest absolute Gasteiger partial charge is 0.272 e. The Bertz CT molecular complexity index is 648. The largest absolute Gasteiger partial charge is 0.365 e. The summed E-state index contributed by atoms with van der Waals surface area (Å²) in [4.78, 5) is 27.0. The number of carbonyl (C=O) groups is 1. The van der Waals surface area contributed by atoms with E-state index in [0.717, 1.165) is 0 Å². The summed E-state index contributed by atoms with van der Waals surface area (Å²) in [7, 11) is 0. The van der Waals surface area contributed by atoms with Crippen LogP contribution in [0.2, 0.25) is 5.15 Å². The minimum atomic E-state index is -0.875. The molecule has 0 aliphatic carbocycles. The number of nitrogens with zero attached hydrogens (tertiary/aromatic N) is 2. The third kappa shape index (κ3) is 1.45. The van der Waals surface area contributed by atoms with E-state index in [9.17, 15) is 9.59 Å². The monoisotopic (exact) mass is 237 g/mol. The standard InChI is InChI=1S/C10H8ClN3O2/c1-5-3-2-4-6-13-8(11)7(9(12)15)10(16)14(5)6/h2-4H,1H3,(H2,12,15). The summed E-state index contributed by atoms with van der Waals surface area (Å²) in [5.74, 6) is -0.875. The molecular weight excluding hydrogens is 230 g/mol. The molecule has 5 nitrogen and oxygen atoms in total. The SMILES string of the molecule is Cc1cccc2nc(Cl)c(C(N)=O)c(=O)n12. The Morgan fingerprint density at radius 1 is 1.50 bits per heavy atom. The molecular formula is C10H8ClN3O2. The fraction of sp³-hybridized carbons (Fsp3) is 0.100. The van der Waals surface area contributed by atoms with Crippen molar-refractivity contribution >= 4 is 23.2 Å². The van der Waals surface area contributed by atoms with Gasteiger partial charge in [0.25, 0.3) is 11.5 Å². The minimum Gasteiger partial charge on any atom is -0.365 e. The Balaban J connectivity index is 3.03. The van der Waals surface area contributed by atoms with Gasteiger partial charge in [-0.15, -0.1) is 0 Å². The third-order valence-electron chi connectivity index (χ3n) is 2.25. The van der Waals surface area contributed by atoms with Crippen LogP contribution in [0.4, 0.5) is 0 Å². The molecule has 0 radical (unpaired) electrons. The van der Waals surface area contributed by atoms with Gasteiger partial charge in [0, 0.05) is 5.69 Å². The zero-order valence-corrected chi connectivity index (χ0v) is 9.15. The zero-order valence-electron chi connectivity index (χ0n) is 8.40. The van der Waals surface area contributed by atoms with Gasteiger partial charge in [-0.2, -0.15) is 0 Å². The van der Waals surface area contributed by atoms with E-state index in [4.69, 9.17) is 17.3 Å². The summed E-state index contributed by atoms with van der Waals surface area (Å²) in [6.45, 7) is 1.73. The van der Waals surface area contributed by atoms with E-state index in [1.807, 2.05) is 0 Å². The number of amides is 1. The van der Waals surface area contributed by atoms with Crippen molar-refractivity contribution in [3.63, 3.8) is 0 Å². The fourth-order valence-electron chi connectivity index (χ4n) is 1.52. The molecule has 16 heavy (non-hydrogen) atoms. The molecule has 0 aliphatic rings. The predicted molar refractivity (Wildman–Crippen MR) is 59.7 cm³/mol. The number of pyridine rings is 1. The zero-order chi connectivity index (χ0) is 11.9. The highest BCUT2D eigenvalue weighted by Crippen LogP contribution is 2.11. The molecule has 0 spiro atoms. The van der Waals surface area contributed by atoms with Crippen LogP contribution in [0.3, 0.4) is 0 Å². The minimum absolute atomic E-state index is 0.164. The van der Waals surface area contributed by atoms with E-state index < -0.39 is 11.5 Å². The normalized spacial score (nSPS) is 10.6. The van der Waals surface area contributed by atoms with Crippen LogP contribution >= 0.6 is 11.6 Å². The molecule has 2 aromatic rings. The number of primary amides is 1. The molecule has 82 valence electrons. The molecule has 0 bridgehead atoms. The second kappa shape index (κ2) is 3.61. The van der Waals surface area contributed by atoms with Crippen molar-refractivity contribution in [2.45, 2.75) is 6.92 Å². The molecule has 1 amide bonds. The maximum Gasteiger partial charge on any atom is 0.272 e. The average molecular weight is 238 g/mol. The topological polar surface area (TPSA) is 77.5 Å². The van der Waals surface area contributed by atoms with Crippen LogP contribution in [0.15, 0.2) is 23.0 Å². The predicted octanol–water partition coefficient (Wildman–Crippen LogP) is 0.755. The molecule has 0 aliphatic heterocycles. The second-order valence-corrected chi connectivity index (χ2v) is 3.67. The average Bonchev–Trinajstić information content (AvgIpc) is 2.15. The van der Waals surface area contributed by atoms with Crippen LogP contribution in [0.25, 0.3) is 5.65 Å². The summed E-state index contributed by atoms with van der Waals surface area (Å²) in [6.07, 6.45) is 0. The van der Waals surface area contributed by atoms with Gasteiger partial charge in [-0.25, -0.2) is 4.98 Å². The van der Waals surface area contributed by atoms with Gasteiger partial charge in [0.15, 0.2) is 0 Å². The van der Waals surface area contributed by atoms with Crippen LogP contribution < -0.4 is 11.3 Å². The van der Waals surface area contributed by atoms with Crippen molar-refractivity contribution in [2.24, 2.45) is 5.73 Å². The highest BCUT2D eigenvalue weighted by Gasteiger charge is 2.16. The summed E-state index contributed by atoms with van der Waals surface area (Å²) in [5, 5.41) is -0.164. The Labute approximate surface area is 95.5 Å². The van der Waals surface area contributed by atoms with E-state index in [-0.39, 0.29) is 10.7 Å². The Morgan fingerprint density at radius 3 is 2.81 bits per heavy atom. The number of halogens is 1. The Morgan fingerprint density at radius 2 is 2.19 bits per heavy atom. The van der Waals surface area contributed by atoms with Gasteiger partial charge in [-0.1, -0.05) is 17.7 Å². The maximum atomic E-state index is 11.9. The number of aromatic nitrogens is 2. The first-order chi connectivity index (χ1) is 7.52. The summed E-state index contributed by atoms with van der Waals surface area (Å²) in [5.41, 5.74) is 5.31. The van der Waals surface area contributed by atoms with Crippen molar-refractivity contribution in [1.29, 1.82) is 0 Å². The first-order valence-electron chi connectivity index (χ1n) is 4.50. The fourth-order valence-corrected chi connectivity index (χ4v) is 1.78. The maximum absolute atomic E-state index is 11.9. The van der Waals surface area contributed by atoms with E-state index in [2.05, 4.69) is 4.98 Å². The van der Waals surface area contributed by atoms with Crippen molar-refractivity contribution in [1.82, 2.24) is 9.38 Å². The summed E-state index contributed by atoms with van der Waals surface area (Å²) in [6, 6.07) is 5.11. The third-order valence-corrected chi connectivity index (χ3v) is 2.52. The quantitative estimate of drug-likeness (QED) is 0.744. The lowest BCUT2D eigenvalue weighted by molar-refractivity contribution is 0.0998. The van der Waals surface area contributed by atoms with Crippen LogP contribution in [-0.2, 0) is 0 Å². The first-order valence-corrected chi connectivity index (χ1v) is 4.88. The molecule has 6 heteroatoms. The Kier molecular flexibility index (Phi) is 2.40. The number of nitrogens with two attached hydrogens (primary N) is 1. The number of hydrogen-bond donors (Lipinski definition) is 1. The van der Waals surface area contributed by atoms with Crippen LogP contribution in [0, 0.1) is 6.92 Å². The Hall–Kier alpha value is -1.88. The number of fused-ring (bicyclic) bond motifs is 1. The van der Waals surface area contributed by atoms with Crippen molar-refractivity contribution in [2.75, 3.05) is 0 Å². The van der Waals surface area contributed by atoms with Gasteiger partial charge in [-0.3, -0.25) is 14.0 Å². The number of aryl methyl sites for hydroxylation is 1. The van der Waals surface area contributed by atoms with E-state index in [1.54, 1.807) is 25.1 Å². The summed E-state index contributed by atoms with van der Waals surface area (Å²) < 4.78 is 1.30. The highest BCUT2D eigenvalue weighted by molar-refractivity contribution is 6.32. The van der Waals surface area contributed by atoms with E-state index in [1.165, 1.54) is 4.40 Å². The lowest BCUT2D eigenvalue weighted by Crippen LogP contribution is -2.28.